The summed E-state index contributed by atoms with van der Waals surface area (Å²) >= 11 is 3.47. The van der Waals surface area contributed by atoms with Gasteiger partial charge in [0.1, 0.15) is 11.5 Å². The predicted octanol–water partition coefficient (Wildman–Crippen LogP) is 3.67. The molecule has 1 aliphatic heterocycles. The third kappa shape index (κ3) is 3.58. The molecule has 0 unspecified atom stereocenters. The Kier molecular flexibility index (Phi) is 4.45. The fourth-order valence-corrected chi connectivity index (χ4v) is 2.56. The smallest absolute Gasteiger partial charge is 0.128 e. The van der Waals surface area contributed by atoms with E-state index in [0.29, 0.717) is 0 Å². The molecular formula is C15H16BrN5. The van der Waals surface area contributed by atoms with Gasteiger partial charge in [-0.05, 0) is 40.2 Å². The van der Waals surface area contributed by atoms with Crippen molar-refractivity contribution < 1.29 is 0 Å². The molecule has 1 saturated heterocycles. The van der Waals surface area contributed by atoms with E-state index in [9.17, 15) is 0 Å². The summed E-state index contributed by atoms with van der Waals surface area (Å²) in [5.74, 6) is 1.03. The highest BCUT2D eigenvalue weighted by molar-refractivity contribution is 9.10. The third-order valence-corrected chi connectivity index (χ3v) is 4.03. The van der Waals surface area contributed by atoms with Gasteiger partial charge in [-0.15, -0.1) is 5.11 Å². The average molecular weight is 346 g/mol. The largest absolute Gasteiger partial charge is 0.353 e. The Morgan fingerprint density at radius 1 is 0.952 bits per heavy atom. The van der Waals surface area contributed by atoms with E-state index in [1.165, 1.54) is 0 Å². The number of hydrogen-bond acceptors (Lipinski definition) is 4. The highest BCUT2D eigenvalue weighted by Gasteiger charge is 2.16. The molecule has 1 aliphatic rings. The van der Waals surface area contributed by atoms with Gasteiger partial charge in [-0.1, -0.05) is 23.4 Å². The number of halogens is 1. The summed E-state index contributed by atoms with van der Waals surface area (Å²) in [5.41, 5.74) is 0.852. The number of pyridine rings is 1. The number of nitrogens with zero attached hydrogens (tertiary/aromatic N) is 5. The first kappa shape index (κ1) is 14.0. The second-order valence-corrected chi connectivity index (χ2v) is 5.62. The lowest BCUT2D eigenvalue weighted by molar-refractivity contribution is 0.253. The molecule has 108 valence electrons. The molecule has 0 saturated carbocycles. The number of aromatic nitrogens is 1. The molecule has 1 aromatic carbocycles. The van der Waals surface area contributed by atoms with E-state index >= 15 is 0 Å². The van der Waals surface area contributed by atoms with Gasteiger partial charge in [0, 0.05) is 23.8 Å². The number of anilines is 1. The van der Waals surface area contributed by atoms with Gasteiger partial charge in [-0.25, -0.2) is 4.98 Å². The van der Waals surface area contributed by atoms with E-state index in [2.05, 4.69) is 36.2 Å². The van der Waals surface area contributed by atoms with E-state index in [4.69, 9.17) is 0 Å². The predicted molar refractivity (Wildman–Crippen MR) is 86.7 cm³/mol. The number of piperazine rings is 1. The molecule has 0 amide bonds. The van der Waals surface area contributed by atoms with E-state index in [1.807, 2.05) is 53.7 Å². The van der Waals surface area contributed by atoms with Crippen LogP contribution < -0.4 is 4.90 Å². The standard InChI is InChI=1S/C15H16BrN5/c16-13-5-1-2-6-14(13)18-19-21-11-9-20(10-12-21)15-7-3-4-8-17-15/h1-8H,9-12H2/b19-18+. The Hall–Kier alpha value is -1.95. The van der Waals surface area contributed by atoms with Gasteiger partial charge in [0.25, 0.3) is 0 Å². The van der Waals surface area contributed by atoms with Crippen molar-refractivity contribution in [2.75, 3.05) is 31.1 Å². The van der Waals surface area contributed by atoms with Crippen molar-refractivity contribution in [3.63, 3.8) is 0 Å². The summed E-state index contributed by atoms with van der Waals surface area (Å²) in [5, 5.41) is 10.6. The van der Waals surface area contributed by atoms with Crippen LogP contribution in [0.5, 0.6) is 0 Å². The van der Waals surface area contributed by atoms with Crippen LogP contribution in [-0.2, 0) is 0 Å². The molecule has 5 nitrogen and oxygen atoms in total. The molecular weight excluding hydrogens is 330 g/mol. The van der Waals surface area contributed by atoms with E-state index in [0.717, 1.165) is 42.2 Å². The Bertz CT molecular complexity index is 608. The van der Waals surface area contributed by atoms with Crippen molar-refractivity contribution in [3.05, 3.63) is 53.1 Å². The Labute approximate surface area is 132 Å². The van der Waals surface area contributed by atoms with Crippen LogP contribution in [0, 0.1) is 0 Å². The number of benzene rings is 1. The quantitative estimate of drug-likeness (QED) is 0.797. The molecule has 2 aromatic rings. The summed E-state index contributed by atoms with van der Waals surface area (Å²) in [7, 11) is 0. The molecule has 1 fully saturated rings. The zero-order valence-electron chi connectivity index (χ0n) is 11.6. The maximum Gasteiger partial charge on any atom is 0.128 e. The van der Waals surface area contributed by atoms with Crippen LogP contribution in [0.3, 0.4) is 0 Å². The van der Waals surface area contributed by atoms with Crippen LogP contribution in [0.2, 0.25) is 0 Å². The minimum absolute atomic E-state index is 0.852. The lowest BCUT2D eigenvalue weighted by Gasteiger charge is -2.32. The second-order valence-electron chi connectivity index (χ2n) is 4.77. The van der Waals surface area contributed by atoms with Crippen molar-refractivity contribution in [1.29, 1.82) is 0 Å². The topological polar surface area (TPSA) is 44.1 Å². The first-order valence-electron chi connectivity index (χ1n) is 6.90. The lowest BCUT2D eigenvalue weighted by atomic mass is 10.3. The zero-order chi connectivity index (χ0) is 14.5. The molecule has 0 atom stereocenters. The normalized spacial score (nSPS) is 15.7. The van der Waals surface area contributed by atoms with Gasteiger partial charge < -0.3 is 4.90 Å². The lowest BCUT2D eigenvalue weighted by Crippen LogP contribution is -2.44. The summed E-state index contributed by atoms with van der Waals surface area (Å²) in [4.78, 5) is 6.65. The molecule has 1 aromatic heterocycles. The monoisotopic (exact) mass is 345 g/mol. The Morgan fingerprint density at radius 2 is 1.71 bits per heavy atom. The maximum atomic E-state index is 4.38. The van der Waals surface area contributed by atoms with Crippen LogP contribution in [0.4, 0.5) is 11.5 Å². The Morgan fingerprint density at radius 3 is 2.43 bits per heavy atom. The summed E-state index contributed by atoms with van der Waals surface area (Å²) in [6.45, 7) is 3.52. The van der Waals surface area contributed by atoms with Crippen LogP contribution in [0.15, 0.2) is 63.5 Å². The van der Waals surface area contributed by atoms with Gasteiger partial charge in [-0.3, -0.25) is 5.01 Å². The van der Waals surface area contributed by atoms with Crippen molar-refractivity contribution in [1.82, 2.24) is 9.99 Å². The average Bonchev–Trinajstić information content (AvgIpc) is 2.55. The zero-order valence-corrected chi connectivity index (χ0v) is 13.1. The first-order valence-corrected chi connectivity index (χ1v) is 7.69. The first-order chi connectivity index (χ1) is 10.3. The molecule has 0 bridgehead atoms. The minimum Gasteiger partial charge on any atom is -0.353 e. The molecule has 0 spiro atoms. The van der Waals surface area contributed by atoms with Gasteiger partial charge in [0.15, 0.2) is 0 Å². The second kappa shape index (κ2) is 6.67. The van der Waals surface area contributed by atoms with Crippen molar-refractivity contribution in [2.24, 2.45) is 10.3 Å². The van der Waals surface area contributed by atoms with Gasteiger partial charge in [0.05, 0.1) is 13.1 Å². The van der Waals surface area contributed by atoms with E-state index < -0.39 is 0 Å². The minimum atomic E-state index is 0.852. The molecule has 0 N–H and O–H groups in total. The van der Waals surface area contributed by atoms with Crippen LogP contribution >= 0.6 is 15.9 Å². The summed E-state index contributed by atoms with van der Waals surface area (Å²) < 4.78 is 0.959. The van der Waals surface area contributed by atoms with Crippen molar-refractivity contribution >= 4 is 27.4 Å². The molecule has 21 heavy (non-hydrogen) atoms. The number of hydrogen-bond donors (Lipinski definition) is 0. The summed E-state index contributed by atoms with van der Waals surface area (Å²) in [6.07, 6.45) is 1.83. The van der Waals surface area contributed by atoms with Crippen LogP contribution in [0.25, 0.3) is 0 Å². The fraction of sp³-hybridized carbons (Fsp3) is 0.267. The van der Waals surface area contributed by atoms with E-state index in [1.54, 1.807) is 0 Å². The fourth-order valence-electron chi connectivity index (χ4n) is 2.20. The molecule has 0 aliphatic carbocycles. The van der Waals surface area contributed by atoms with Gasteiger partial charge in [-0.2, -0.15) is 0 Å². The molecule has 0 radical (unpaired) electrons. The van der Waals surface area contributed by atoms with E-state index in [-0.39, 0.29) is 0 Å². The number of rotatable bonds is 3. The molecule has 3 rings (SSSR count). The van der Waals surface area contributed by atoms with Crippen LogP contribution in [-0.4, -0.2) is 36.2 Å². The molecule has 6 heteroatoms. The molecule has 2 heterocycles. The maximum absolute atomic E-state index is 4.38. The Balaban J connectivity index is 1.58. The SMILES string of the molecule is Brc1ccccc1/N=N/N1CCN(c2ccccn2)CC1. The van der Waals surface area contributed by atoms with Crippen LogP contribution in [0.1, 0.15) is 0 Å². The third-order valence-electron chi connectivity index (χ3n) is 3.36. The summed E-state index contributed by atoms with van der Waals surface area (Å²) in [6, 6.07) is 13.8. The highest BCUT2D eigenvalue weighted by atomic mass is 79.9. The van der Waals surface area contributed by atoms with Crippen molar-refractivity contribution in [2.45, 2.75) is 0 Å². The highest BCUT2D eigenvalue weighted by Crippen LogP contribution is 2.25. The van der Waals surface area contributed by atoms with Gasteiger partial charge in [0.2, 0.25) is 0 Å². The van der Waals surface area contributed by atoms with Gasteiger partial charge >= 0.3 is 0 Å². The van der Waals surface area contributed by atoms with Crippen molar-refractivity contribution in [3.8, 4) is 0 Å².